The van der Waals surface area contributed by atoms with Gasteiger partial charge in [-0.3, -0.25) is 4.79 Å². The van der Waals surface area contributed by atoms with Crippen LogP contribution in [0.3, 0.4) is 0 Å². The van der Waals surface area contributed by atoms with Gasteiger partial charge < -0.3 is 9.94 Å². The summed E-state index contributed by atoms with van der Waals surface area (Å²) in [5.41, 5.74) is 2.33. The van der Waals surface area contributed by atoms with E-state index in [0.29, 0.717) is 28.0 Å². The van der Waals surface area contributed by atoms with Crippen molar-refractivity contribution in [1.82, 2.24) is 9.66 Å². The minimum atomic E-state index is -0.334. The fourth-order valence-electron chi connectivity index (χ4n) is 3.02. The number of rotatable bonds is 6. The van der Waals surface area contributed by atoms with Crippen molar-refractivity contribution in [2.75, 3.05) is 0 Å². The van der Waals surface area contributed by atoms with Gasteiger partial charge in [0.15, 0.2) is 12.4 Å². The molecule has 0 aliphatic heterocycles. The van der Waals surface area contributed by atoms with Crippen molar-refractivity contribution in [2.45, 2.75) is 13.5 Å². The van der Waals surface area contributed by atoms with Gasteiger partial charge >= 0.3 is 0 Å². The largest absolute Gasteiger partial charge is 0.507 e. The third-order valence-electron chi connectivity index (χ3n) is 4.66. The highest BCUT2D eigenvalue weighted by atomic mass is 16.6. The average molecular weight is 412 g/mol. The van der Waals surface area contributed by atoms with E-state index in [2.05, 4.69) is 15.2 Å². The van der Waals surface area contributed by atoms with Crippen LogP contribution in [-0.4, -0.2) is 26.7 Å². The molecule has 0 saturated carbocycles. The summed E-state index contributed by atoms with van der Waals surface area (Å²) in [7, 11) is 0. The molecule has 0 atom stereocenters. The number of oxime groups is 1. The predicted octanol–water partition coefficient (Wildman–Crippen LogP) is 3.93. The van der Waals surface area contributed by atoms with Crippen LogP contribution in [0, 0.1) is 0 Å². The van der Waals surface area contributed by atoms with Gasteiger partial charge in [0.2, 0.25) is 0 Å². The number of phenols is 1. The summed E-state index contributed by atoms with van der Waals surface area (Å²) in [6.07, 6.45) is 1.41. The smallest absolute Gasteiger partial charge is 0.282 e. The summed E-state index contributed by atoms with van der Waals surface area (Å²) in [5.74, 6) is 0.355. The maximum Gasteiger partial charge on any atom is 0.282 e. The van der Waals surface area contributed by atoms with Crippen LogP contribution in [0.4, 0.5) is 0 Å². The van der Waals surface area contributed by atoms with Crippen molar-refractivity contribution < 1.29 is 9.94 Å². The average Bonchev–Trinajstić information content (AvgIpc) is 2.80. The molecule has 0 spiro atoms. The SMILES string of the molecule is C/C(=N/OCc1nc2ccccc2c(=O)n1/N=C/c1ccccc1O)c1ccccc1. The summed E-state index contributed by atoms with van der Waals surface area (Å²) in [6.45, 7) is 1.79. The summed E-state index contributed by atoms with van der Waals surface area (Å²) >= 11 is 0. The van der Waals surface area contributed by atoms with E-state index in [1.807, 2.05) is 43.3 Å². The van der Waals surface area contributed by atoms with E-state index < -0.39 is 0 Å². The second kappa shape index (κ2) is 9.04. The van der Waals surface area contributed by atoms with Crippen LogP contribution in [0.2, 0.25) is 0 Å². The van der Waals surface area contributed by atoms with Gasteiger partial charge in [0.25, 0.3) is 5.56 Å². The summed E-state index contributed by atoms with van der Waals surface area (Å²) in [6, 6.07) is 23.4. The number of aromatic hydroxyl groups is 1. The highest BCUT2D eigenvalue weighted by molar-refractivity contribution is 5.98. The van der Waals surface area contributed by atoms with Crippen LogP contribution in [-0.2, 0) is 11.4 Å². The zero-order valence-corrected chi connectivity index (χ0v) is 16.8. The number of phenolic OH excluding ortho intramolecular Hbond substituents is 1. The third-order valence-corrected chi connectivity index (χ3v) is 4.66. The van der Waals surface area contributed by atoms with E-state index in [-0.39, 0.29) is 17.9 Å². The van der Waals surface area contributed by atoms with Gasteiger partial charge in [-0.25, -0.2) is 4.98 Å². The Balaban J connectivity index is 1.69. The summed E-state index contributed by atoms with van der Waals surface area (Å²) in [4.78, 5) is 23.1. The molecular formula is C24H20N4O3. The van der Waals surface area contributed by atoms with Gasteiger partial charge in [-0.15, -0.1) is 0 Å². The molecule has 0 aliphatic carbocycles. The molecule has 0 bridgehead atoms. The fourth-order valence-corrected chi connectivity index (χ4v) is 3.02. The molecule has 7 heteroatoms. The van der Waals surface area contributed by atoms with Crippen molar-refractivity contribution in [3.8, 4) is 5.75 Å². The number of hydrogen-bond acceptors (Lipinski definition) is 6. The second-order valence-electron chi connectivity index (χ2n) is 6.78. The molecule has 154 valence electrons. The molecule has 4 aromatic rings. The van der Waals surface area contributed by atoms with Gasteiger partial charge in [0.1, 0.15) is 5.75 Å². The van der Waals surface area contributed by atoms with Crippen LogP contribution >= 0.6 is 0 Å². The molecule has 1 heterocycles. The number of benzene rings is 3. The Morgan fingerprint density at radius 3 is 2.55 bits per heavy atom. The van der Waals surface area contributed by atoms with E-state index in [4.69, 9.17) is 4.84 Å². The zero-order valence-electron chi connectivity index (χ0n) is 16.8. The molecule has 0 unspecified atom stereocenters. The normalized spacial score (nSPS) is 11.8. The van der Waals surface area contributed by atoms with Gasteiger partial charge in [-0.1, -0.05) is 59.8 Å². The predicted molar refractivity (Wildman–Crippen MR) is 121 cm³/mol. The van der Waals surface area contributed by atoms with Crippen molar-refractivity contribution in [3.05, 3.63) is 106 Å². The lowest BCUT2D eigenvalue weighted by Gasteiger charge is -2.09. The van der Waals surface area contributed by atoms with Crippen LogP contribution in [0.15, 0.2) is 93.9 Å². The van der Waals surface area contributed by atoms with Gasteiger partial charge in [-0.2, -0.15) is 9.78 Å². The van der Waals surface area contributed by atoms with Crippen molar-refractivity contribution >= 4 is 22.8 Å². The van der Waals surface area contributed by atoms with Gasteiger partial charge in [0.05, 0.1) is 22.8 Å². The molecule has 1 N–H and O–H groups in total. The van der Waals surface area contributed by atoms with Crippen LogP contribution < -0.4 is 5.56 Å². The fraction of sp³-hybridized carbons (Fsp3) is 0.0833. The molecule has 1 aromatic heterocycles. The van der Waals surface area contributed by atoms with Crippen molar-refractivity contribution in [2.24, 2.45) is 10.3 Å². The molecule has 0 amide bonds. The summed E-state index contributed by atoms with van der Waals surface area (Å²) < 4.78 is 1.17. The number of hydrogen-bond donors (Lipinski definition) is 1. The Morgan fingerprint density at radius 1 is 1.03 bits per heavy atom. The van der Waals surface area contributed by atoms with Crippen LogP contribution in [0.5, 0.6) is 5.75 Å². The topological polar surface area (TPSA) is 89.1 Å². The first-order chi connectivity index (χ1) is 15.1. The first-order valence-electron chi connectivity index (χ1n) is 9.68. The van der Waals surface area contributed by atoms with Gasteiger partial charge in [-0.05, 0) is 36.8 Å². The molecule has 31 heavy (non-hydrogen) atoms. The van der Waals surface area contributed by atoms with E-state index in [1.54, 1.807) is 42.5 Å². The molecule has 0 radical (unpaired) electrons. The molecule has 0 saturated heterocycles. The maximum atomic E-state index is 13.0. The highest BCUT2D eigenvalue weighted by Crippen LogP contribution is 2.14. The minimum Gasteiger partial charge on any atom is -0.507 e. The summed E-state index contributed by atoms with van der Waals surface area (Å²) in [5, 5.41) is 18.8. The van der Waals surface area contributed by atoms with Crippen LogP contribution in [0.25, 0.3) is 10.9 Å². The Morgan fingerprint density at radius 2 is 1.74 bits per heavy atom. The van der Waals surface area contributed by atoms with Crippen molar-refractivity contribution in [1.29, 1.82) is 0 Å². The molecule has 4 rings (SSSR count). The lowest BCUT2D eigenvalue weighted by atomic mass is 10.1. The number of nitrogens with zero attached hydrogens (tertiary/aromatic N) is 4. The Bertz CT molecular complexity index is 1330. The molecule has 0 aliphatic rings. The number of aromatic nitrogens is 2. The highest BCUT2D eigenvalue weighted by Gasteiger charge is 2.11. The van der Waals surface area contributed by atoms with E-state index in [9.17, 15) is 9.90 Å². The quantitative estimate of drug-likeness (QED) is 0.384. The second-order valence-corrected chi connectivity index (χ2v) is 6.78. The van der Waals surface area contributed by atoms with E-state index >= 15 is 0 Å². The molecular weight excluding hydrogens is 392 g/mol. The first-order valence-corrected chi connectivity index (χ1v) is 9.68. The standard InChI is InChI=1S/C24H20N4O3/c1-17(18-9-3-2-4-10-18)27-31-16-23-26-21-13-7-6-12-20(21)24(30)28(23)25-15-19-11-5-8-14-22(19)29/h2-15,29H,16H2,1H3/b25-15+,27-17-. The minimum absolute atomic E-state index is 0.0532. The monoisotopic (exact) mass is 412 g/mol. The Labute approximate surface area is 178 Å². The number of fused-ring (bicyclic) bond motifs is 1. The lowest BCUT2D eigenvalue weighted by molar-refractivity contribution is 0.122. The number of para-hydroxylation sites is 2. The molecule has 3 aromatic carbocycles. The van der Waals surface area contributed by atoms with Gasteiger partial charge in [0, 0.05) is 5.56 Å². The lowest BCUT2D eigenvalue weighted by Crippen LogP contribution is -2.22. The third kappa shape index (κ3) is 4.51. The van der Waals surface area contributed by atoms with E-state index in [0.717, 1.165) is 5.56 Å². The van der Waals surface area contributed by atoms with Crippen LogP contribution in [0.1, 0.15) is 23.9 Å². The first kappa shape index (κ1) is 20.0. The maximum absolute atomic E-state index is 13.0. The Hall–Kier alpha value is -4.26. The zero-order chi connectivity index (χ0) is 21.6. The molecule has 0 fully saturated rings. The van der Waals surface area contributed by atoms with Crippen molar-refractivity contribution in [3.63, 3.8) is 0 Å². The van der Waals surface area contributed by atoms with E-state index in [1.165, 1.54) is 10.9 Å². The Kier molecular flexibility index (Phi) is 5.84. The molecule has 7 nitrogen and oxygen atoms in total.